The first-order valence-corrected chi connectivity index (χ1v) is 5.34. The second kappa shape index (κ2) is 6.50. The number of hydrogen-bond donors (Lipinski definition) is 3. The highest BCUT2D eigenvalue weighted by Gasteiger charge is 2.14. The van der Waals surface area contributed by atoms with Crippen molar-refractivity contribution in [3.05, 3.63) is 18.0 Å². The van der Waals surface area contributed by atoms with E-state index in [0.717, 1.165) is 19.6 Å². The second-order valence-electron chi connectivity index (χ2n) is 3.89. The molecule has 2 rings (SSSR count). The lowest BCUT2D eigenvalue weighted by Crippen LogP contribution is -2.38. The third kappa shape index (κ3) is 3.50. The summed E-state index contributed by atoms with van der Waals surface area (Å²) in [4.78, 5) is 11.5. The highest BCUT2D eigenvalue weighted by molar-refractivity contribution is 5.92. The van der Waals surface area contributed by atoms with E-state index in [4.69, 9.17) is 0 Å². The number of aromatic nitrogens is 2. The molecule has 5 nitrogen and oxygen atoms in total. The normalized spacial score (nSPS) is 19.9. The van der Waals surface area contributed by atoms with Gasteiger partial charge in [-0.05, 0) is 37.9 Å². The summed E-state index contributed by atoms with van der Waals surface area (Å²) in [6, 6.07) is 1.68. The molecule has 0 bridgehead atoms. The average Bonchev–Trinajstić information content (AvgIpc) is 2.81. The maximum Gasteiger partial charge on any atom is 0.269 e. The number of aromatic amines is 1. The largest absolute Gasteiger partial charge is 0.350 e. The van der Waals surface area contributed by atoms with Crippen molar-refractivity contribution >= 4 is 18.3 Å². The van der Waals surface area contributed by atoms with Crippen molar-refractivity contribution in [1.29, 1.82) is 0 Å². The smallest absolute Gasteiger partial charge is 0.269 e. The molecular weight excluding hydrogens is 228 g/mol. The zero-order valence-corrected chi connectivity index (χ0v) is 9.85. The quantitative estimate of drug-likeness (QED) is 0.728. The van der Waals surface area contributed by atoms with Crippen LogP contribution in [0.1, 0.15) is 23.3 Å². The fourth-order valence-electron chi connectivity index (χ4n) is 1.81. The maximum absolute atomic E-state index is 11.5. The molecule has 3 N–H and O–H groups in total. The molecule has 16 heavy (non-hydrogen) atoms. The van der Waals surface area contributed by atoms with Gasteiger partial charge in [0.05, 0.1) is 0 Å². The van der Waals surface area contributed by atoms with E-state index in [1.165, 1.54) is 12.8 Å². The Morgan fingerprint density at radius 3 is 3.12 bits per heavy atom. The van der Waals surface area contributed by atoms with E-state index in [2.05, 4.69) is 20.8 Å². The predicted octanol–water partition coefficient (Wildman–Crippen LogP) is 0.561. The van der Waals surface area contributed by atoms with Gasteiger partial charge in [0.2, 0.25) is 0 Å². The SMILES string of the molecule is Cl.O=C(NCC1CCCNC1)c1ccn[nH]1. The van der Waals surface area contributed by atoms with Gasteiger partial charge in [0.15, 0.2) is 0 Å². The Hall–Kier alpha value is -1.07. The molecule has 1 fully saturated rings. The van der Waals surface area contributed by atoms with Crippen molar-refractivity contribution in [2.45, 2.75) is 12.8 Å². The Morgan fingerprint density at radius 2 is 2.50 bits per heavy atom. The van der Waals surface area contributed by atoms with Crippen LogP contribution in [-0.4, -0.2) is 35.7 Å². The van der Waals surface area contributed by atoms with Gasteiger partial charge in [0.1, 0.15) is 5.69 Å². The van der Waals surface area contributed by atoms with Gasteiger partial charge in [-0.15, -0.1) is 12.4 Å². The number of nitrogens with zero attached hydrogens (tertiary/aromatic N) is 1. The van der Waals surface area contributed by atoms with Crippen LogP contribution in [-0.2, 0) is 0 Å². The number of halogens is 1. The molecule has 1 unspecified atom stereocenters. The molecule has 6 heteroatoms. The molecule has 90 valence electrons. The Kier molecular flexibility index (Phi) is 5.28. The van der Waals surface area contributed by atoms with Gasteiger partial charge in [0.25, 0.3) is 5.91 Å². The zero-order valence-electron chi connectivity index (χ0n) is 9.03. The lowest BCUT2D eigenvalue weighted by atomic mass is 10.00. The molecule has 1 aromatic rings. The average molecular weight is 245 g/mol. The van der Waals surface area contributed by atoms with Crippen molar-refractivity contribution in [1.82, 2.24) is 20.8 Å². The zero-order chi connectivity index (χ0) is 10.5. The van der Waals surface area contributed by atoms with Crippen LogP contribution in [0.3, 0.4) is 0 Å². The van der Waals surface area contributed by atoms with E-state index in [1.807, 2.05) is 0 Å². The Bertz CT molecular complexity index is 309. The first-order valence-electron chi connectivity index (χ1n) is 5.34. The molecule has 2 heterocycles. The van der Waals surface area contributed by atoms with Gasteiger partial charge in [-0.2, -0.15) is 5.10 Å². The van der Waals surface area contributed by atoms with E-state index in [1.54, 1.807) is 12.3 Å². The summed E-state index contributed by atoms with van der Waals surface area (Å²) in [6.45, 7) is 2.85. The number of amides is 1. The van der Waals surface area contributed by atoms with Crippen LogP contribution in [0.2, 0.25) is 0 Å². The fourth-order valence-corrected chi connectivity index (χ4v) is 1.81. The minimum Gasteiger partial charge on any atom is -0.350 e. The topological polar surface area (TPSA) is 69.8 Å². The summed E-state index contributed by atoms with van der Waals surface area (Å²) >= 11 is 0. The van der Waals surface area contributed by atoms with Crippen LogP contribution in [0, 0.1) is 5.92 Å². The van der Waals surface area contributed by atoms with Crippen LogP contribution in [0.15, 0.2) is 12.3 Å². The van der Waals surface area contributed by atoms with Crippen LogP contribution >= 0.6 is 12.4 Å². The van der Waals surface area contributed by atoms with Crippen LogP contribution in [0.25, 0.3) is 0 Å². The minimum absolute atomic E-state index is 0. The van der Waals surface area contributed by atoms with E-state index >= 15 is 0 Å². The summed E-state index contributed by atoms with van der Waals surface area (Å²) in [6.07, 6.45) is 3.97. The summed E-state index contributed by atoms with van der Waals surface area (Å²) in [5.74, 6) is 0.490. The number of carbonyl (C=O) groups excluding carboxylic acids is 1. The van der Waals surface area contributed by atoms with E-state index in [0.29, 0.717) is 11.6 Å². The number of piperidine rings is 1. The number of rotatable bonds is 3. The Balaban J connectivity index is 0.00000128. The highest BCUT2D eigenvalue weighted by Crippen LogP contribution is 2.08. The second-order valence-corrected chi connectivity index (χ2v) is 3.89. The molecule has 0 saturated carbocycles. The molecular formula is C10H17ClN4O. The van der Waals surface area contributed by atoms with Gasteiger partial charge in [-0.3, -0.25) is 9.89 Å². The van der Waals surface area contributed by atoms with Crippen LogP contribution in [0.4, 0.5) is 0 Å². The number of hydrogen-bond acceptors (Lipinski definition) is 3. The number of H-pyrrole nitrogens is 1. The Morgan fingerprint density at radius 1 is 1.62 bits per heavy atom. The molecule has 1 aromatic heterocycles. The van der Waals surface area contributed by atoms with Crippen molar-refractivity contribution in [2.75, 3.05) is 19.6 Å². The molecule has 1 aliphatic heterocycles. The van der Waals surface area contributed by atoms with Gasteiger partial charge < -0.3 is 10.6 Å². The fraction of sp³-hybridized carbons (Fsp3) is 0.600. The summed E-state index contributed by atoms with van der Waals surface area (Å²) in [7, 11) is 0. The lowest BCUT2D eigenvalue weighted by Gasteiger charge is -2.22. The van der Waals surface area contributed by atoms with Crippen molar-refractivity contribution in [3.63, 3.8) is 0 Å². The van der Waals surface area contributed by atoms with E-state index in [-0.39, 0.29) is 18.3 Å². The first-order chi connectivity index (χ1) is 7.36. The number of nitrogens with one attached hydrogen (secondary N) is 3. The van der Waals surface area contributed by atoms with Crippen LogP contribution < -0.4 is 10.6 Å². The summed E-state index contributed by atoms with van der Waals surface area (Å²) in [5, 5.41) is 12.6. The minimum atomic E-state index is -0.0712. The van der Waals surface area contributed by atoms with Crippen molar-refractivity contribution < 1.29 is 4.79 Å². The molecule has 0 spiro atoms. The van der Waals surface area contributed by atoms with Crippen LogP contribution in [0.5, 0.6) is 0 Å². The maximum atomic E-state index is 11.5. The molecule has 1 saturated heterocycles. The van der Waals surface area contributed by atoms with Gasteiger partial charge >= 0.3 is 0 Å². The molecule has 1 amide bonds. The standard InChI is InChI=1S/C10H16N4O.ClH/c15-10(9-3-5-13-14-9)12-7-8-2-1-4-11-6-8;/h3,5,8,11H,1-2,4,6-7H2,(H,12,15)(H,13,14);1H. The van der Waals surface area contributed by atoms with Gasteiger partial charge in [-0.25, -0.2) is 0 Å². The molecule has 0 aliphatic carbocycles. The molecule has 1 aliphatic rings. The third-order valence-electron chi connectivity index (χ3n) is 2.70. The lowest BCUT2D eigenvalue weighted by molar-refractivity contribution is 0.0940. The third-order valence-corrected chi connectivity index (χ3v) is 2.70. The highest BCUT2D eigenvalue weighted by atomic mass is 35.5. The first kappa shape index (κ1) is 13.0. The molecule has 0 aromatic carbocycles. The predicted molar refractivity (Wildman–Crippen MR) is 63.8 cm³/mol. The molecule has 1 atom stereocenters. The van der Waals surface area contributed by atoms with Gasteiger partial charge in [-0.1, -0.05) is 0 Å². The summed E-state index contributed by atoms with van der Waals surface area (Å²) < 4.78 is 0. The Labute approximate surface area is 101 Å². The molecule has 0 radical (unpaired) electrons. The summed E-state index contributed by atoms with van der Waals surface area (Å²) in [5.41, 5.74) is 0.527. The van der Waals surface area contributed by atoms with Crippen molar-refractivity contribution in [2.24, 2.45) is 5.92 Å². The van der Waals surface area contributed by atoms with E-state index in [9.17, 15) is 4.79 Å². The van der Waals surface area contributed by atoms with Crippen molar-refractivity contribution in [3.8, 4) is 0 Å². The van der Waals surface area contributed by atoms with Gasteiger partial charge in [0, 0.05) is 12.7 Å². The number of carbonyl (C=O) groups is 1. The monoisotopic (exact) mass is 244 g/mol. The van der Waals surface area contributed by atoms with E-state index < -0.39 is 0 Å².